The van der Waals surface area contributed by atoms with Crippen molar-refractivity contribution < 1.29 is 18.4 Å². The van der Waals surface area contributed by atoms with Crippen LogP contribution in [-0.4, -0.2) is 134 Å². The fourth-order valence-corrected chi connectivity index (χ4v) is 8.85. The lowest BCUT2D eigenvalue weighted by Crippen LogP contribution is -2.52. The van der Waals surface area contributed by atoms with Crippen molar-refractivity contribution in [2.75, 3.05) is 82.6 Å². The van der Waals surface area contributed by atoms with Gasteiger partial charge in [0.1, 0.15) is 11.5 Å². The van der Waals surface area contributed by atoms with E-state index in [1.165, 1.54) is 0 Å². The average Bonchev–Trinajstić information content (AvgIpc) is 4.07. The molecule has 0 saturated carbocycles. The molecule has 8 bridgehead atoms. The van der Waals surface area contributed by atoms with Crippen LogP contribution in [0.3, 0.4) is 0 Å². The second-order valence-electron chi connectivity index (χ2n) is 18.7. The monoisotopic (exact) mass is 839 g/mol. The predicted octanol–water partition coefficient (Wildman–Crippen LogP) is 5.75. The van der Waals surface area contributed by atoms with E-state index in [0.29, 0.717) is 0 Å². The van der Waals surface area contributed by atoms with Crippen LogP contribution in [0.2, 0.25) is 0 Å². The van der Waals surface area contributed by atoms with E-state index < -0.39 is 0 Å². The summed E-state index contributed by atoms with van der Waals surface area (Å²) in [6.45, 7) is 8.67. The third kappa shape index (κ3) is 10.7. The van der Waals surface area contributed by atoms with E-state index in [9.17, 15) is 0 Å². The highest BCUT2D eigenvalue weighted by Crippen LogP contribution is 2.27. The summed E-state index contributed by atoms with van der Waals surface area (Å²) in [6.07, 6.45) is 8.58. The van der Waals surface area contributed by atoms with E-state index in [1.807, 2.05) is 0 Å². The van der Waals surface area contributed by atoms with E-state index in [1.54, 1.807) is 0 Å². The number of fused-ring (bicyclic) bond motifs is 8. The van der Waals surface area contributed by atoms with E-state index in [-0.39, 0.29) is 12.5 Å². The third-order valence-corrected chi connectivity index (χ3v) is 12.3. The van der Waals surface area contributed by atoms with Gasteiger partial charge in [-0.05, 0) is 124 Å². The number of rotatable bonds is 18. The molecule has 1 aliphatic heterocycles. The van der Waals surface area contributed by atoms with Crippen molar-refractivity contribution in [3.8, 4) is 11.5 Å². The van der Waals surface area contributed by atoms with Gasteiger partial charge in [-0.25, -0.2) is 0 Å². The van der Waals surface area contributed by atoms with Gasteiger partial charge in [0.05, 0.1) is 41.3 Å². The topological polar surface area (TPSA) is 88.1 Å². The SMILES string of the molecule is CCC(Oc1ccc(C2=c3ccc([nH]3)=Cc3ccc([nH]3)C(c3ccc(OC(CC)[N+](C)(C)CCCN(C)C)cc3)=c3ccc([nH]3)=Cc3ccc2[nH]3)cc1)[N+](C)(C)CCCN(C)C. The molecule has 4 N–H and O–H groups in total. The minimum Gasteiger partial charge on any atom is -0.443 e. The highest BCUT2D eigenvalue weighted by molar-refractivity contribution is 5.79. The molecule has 0 fully saturated rings. The molecule has 2 atom stereocenters. The molecule has 0 aliphatic carbocycles. The lowest BCUT2D eigenvalue weighted by atomic mass is 10.0. The summed E-state index contributed by atoms with van der Waals surface area (Å²) in [4.78, 5) is 19.4. The Morgan fingerprint density at radius 3 is 1.23 bits per heavy atom. The summed E-state index contributed by atoms with van der Waals surface area (Å²) in [5.74, 6) is 1.77. The molecule has 328 valence electrons. The van der Waals surface area contributed by atoms with Crippen molar-refractivity contribution in [2.45, 2.75) is 52.0 Å². The standard InChI is InChI=1S/C52H70N8O2/c1-11-49(59(7,8)33-13-31-57(3)4)61-43-23-15-37(16-24-43)51-45-27-19-39(53-45)35-41-21-29-47(55-41)52(48-30-22-42(56-48)36-40-20-28-46(51)54-40)38-17-25-44(26-18-38)62-50(12-2)60(9,10)34-14-32-58(5)6/h15-30,35-36,49-50,53-56H,11-14,31-34H2,1-10H3/q+2. The van der Waals surface area contributed by atoms with Gasteiger partial charge in [-0.1, -0.05) is 38.1 Å². The number of benzene rings is 2. The van der Waals surface area contributed by atoms with Crippen LogP contribution in [0.1, 0.15) is 73.4 Å². The smallest absolute Gasteiger partial charge is 0.233 e. The number of quaternary nitrogens is 2. The highest BCUT2D eigenvalue weighted by atomic mass is 16.5. The molecule has 0 amide bonds. The van der Waals surface area contributed by atoms with E-state index in [4.69, 9.17) is 9.47 Å². The van der Waals surface area contributed by atoms with Crippen molar-refractivity contribution in [1.29, 1.82) is 0 Å². The van der Waals surface area contributed by atoms with Crippen LogP contribution < -0.4 is 30.9 Å². The fourth-order valence-electron chi connectivity index (χ4n) is 8.85. The molecule has 2 aromatic carbocycles. The number of nitrogens with one attached hydrogen (secondary N) is 4. The van der Waals surface area contributed by atoms with Crippen molar-refractivity contribution in [3.05, 3.63) is 152 Å². The van der Waals surface area contributed by atoms with E-state index >= 15 is 0 Å². The lowest BCUT2D eigenvalue weighted by Gasteiger charge is -2.37. The molecule has 62 heavy (non-hydrogen) atoms. The zero-order chi connectivity index (χ0) is 44.0. The molecule has 2 unspecified atom stereocenters. The van der Waals surface area contributed by atoms with Crippen molar-refractivity contribution >= 4 is 23.3 Å². The van der Waals surface area contributed by atoms with Gasteiger partial charge < -0.3 is 39.2 Å². The average molecular weight is 839 g/mol. The molecular formula is C52H70N8O2+2. The Morgan fingerprint density at radius 2 is 0.871 bits per heavy atom. The number of hydrogen-bond acceptors (Lipinski definition) is 4. The molecule has 5 heterocycles. The minimum atomic E-state index is 0.0658. The highest BCUT2D eigenvalue weighted by Gasteiger charge is 2.29. The first-order valence-corrected chi connectivity index (χ1v) is 22.4. The molecule has 6 aromatic rings. The van der Waals surface area contributed by atoms with Crippen LogP contribution in [0.25, 0.3) is 23.3 Å². The zero-order valence-corrected chi connectivity index (χ0v) is 38.8. The number of hydrogen-bond donors (Lipinski definition) is 4. The van der Waals surface area contributed by atoms with Gasteiger partial charge in [-0.3, -0.25) is 8.97 Å². The fraction of sp³-hybridized carbons (Fsp3) is 0.385. The van der Waals surface area contributed by atoms with Gasteiger partial charge in [-0.2, -0.15) is 0 Å². The van der Waals surface area contributed by atoms with Crippen LogP contribution >= 0.6 is 0 Å². The molecule has 7 rings (SSSR count). The quantitative estimate of drug-likeness (QED) is 0.0656. The summed E-state index contributed by atoms with van der Waals surface area (Å²) in [6, 6.07) is 34.4. The number of aromatic nitrogens is 4. The number of ether oxygens (including phenoxy) is 2. The number of aromatic amines is 4. The second kappa shape index (κ2) is 19.3. The summed E-state index contributed by atoms with van der Waals surface area (Å²) in [7, 11) is 17.6. The summed E-state index contributed by atoms with van der Waals surface area (Å²) >= 11 is 0. The van der Waals surface area contributed by atoms with Gasteiger partial charge in [-0.15, -0.1) is 0 Å². The van der Waals surface area contributed by atoms with Crippen LogP contribution in [0.5, 0.6) is 11.5 Å². The maximum absolute atomic E-state index is 6.67. The molecule has 4 aromatic heterocycles. The molecule has 1 aliphatic rings. The van der Waals surface area contributed by atoms with Gasteiger partial charge in [0, 0.05) is 94.1 Å². The predicted molar refractivity (Wildman–Crippen MR) is 255 cm³/mol. The summed E-state index contributed by atoms with van der Waals surface area (Å²) in [5, 5.41) is 4.07. The van der Waals surface area contributed by atoms with Gasteiger partial charge in [0.15, 0.2) is 0 Å². The maximum Gasteiger partial charge on any atom is 0.233 e. The first-order chi connectivity index (χ1) is 29.7. The molecule has 0 radical (unpaired) electrons. The van der Waals surface area contributed by atoms with Crippen LogP contribution in [0.15, 0.2) is 97.1 Å². The Morgan fingerprint density at radius 1 is 0.484 bits per heavy atom. The van der Waals surface area contributed by atoms with Gasteiger partial charge in [0.2, 0.25) is 12.5 Å². The largest absolute Gasteiger partial charge is 0.443 e. The lowest BCUT2D eigenvalue weighted by molar-refractivity contribution is -0.933. The van der Waals surface area contributed by atoms with Crippen LogP contribution in [0, 0.1) is 0 Å². The Hall–Kier alpha value is -5.52. The van der Waals surface area contributed by atoms with Crippen LogP contribution in [0.4, 0.5) is 0 Å². The third-order valence-electron chi connectivity index (χ3n) is 12.3. The number of H-pyrrole nitrogens is 4. The number of nitrogens with zero attached hydrogens (tertiary/aromatic N) is 4. The minimum absolute atomic E-state index is 0.0658. The van der Waals surface area contributed by atoms with Crippen molar-refractivity contribution in [2.24, 2.45) is 0 Å². The Balaban J connectivity index is 1.20. The van der Waals surface area contributed by atoms with E-state index in [0.717, 1.165) is 139 Å². The normalized spacial score (nSPS) is 14.2. The first kappa shape index (κ1) is 44.5. The molecular weight excluding hydrogens is 769 g/mol. The van der Waals surface area contributed by atoms with Crippen molar-refractivity contribution in [3.63, 3.8) is 0 Å². The molecule has 0 saturated heterocycles. The zero-order valence-electron chi connectivity index (χ0n) is 38.8. The Bertz CT molecular complexity index is 2450. The molecule has 10 heteroatoms. The summed E-state index contributed by atoms with van der Waals surface area (Å²) in [5.41, 5.74) is 8.45. The van der Waals surface area contributed by atoms with Gasteiger partial charge in [0.25, 0.3) is 0 Å². The molecule has 10 nitrogen and oxygen atoms in total. The molecule has 0 spiro atoms. The van der Waals surface area contributed by atoms with Crippen molar-refractivity contribution in [1.82, 2.24) is 29.7 Å². The van der Waals surface area contributed by atoms with Crippen LogP contribution in [-0.2, 0) is 0 Å². The maximum atomic E-state index is 6.67. The Labute approximate surface area is 368 Å². The second-order valence-corrected chi connectivity index (χ2v) is 18.7. The summed E-state index contributed by atoms with van der Waals surface area (Å²) < 4.78 is 15.0. The first-order valence-electron chi connectivity index (χ1n) is 22.4. The van der Waals surface area contributed by atoms with Gasteiger partial charge >= 0.3 is 0 Å². The Kier molecular flexibility index (Phi) is 13.8. The van der Waals surface area contributed by atoms with E-state index in [2.05, 4.69) is 209 Å².